The van der Waals surface area contributed by atoms with Crippen LogP contribution in [0.2, 0.25) is 17.3 Å². The third-order valence-electron chi connectivity index (χ3n) is 5.13. The van der Waals surface area contributed by atoms with Crippen LogP contribution in [0.5, 0.6) is 0 Å². The molecule has 2 aromatic carbocycles. The van der Waals surface area contributed by atoms with Crippen LogP contribution in [0, 0.1) is 6.92 Å². The first-order valence-electron chi connectivity index (χ1n) is 9.23. The molecule has 1 heterocycles. The van der Waals surface area contributed by atoms with Gasteiger partial charge in [-0.25, -0.2) is 0 Å². The third kappa shape index (κ3) is 3.39. The first kappa shape index (κ1) is 18.2. The van der Waals surface area contributed by atoms with Gasteiger partial charge in [-0.15, -0.1) is 0 Å². The number of aryl methyl sites for hydroxylation is 2. The van der Waals surface area contributed by atoms with Crippen molar-refractivity contribution in [2.75, 3.05) is 0 Å². The molecule has 0 radical (unpaired) electrons. The Morgan fingerprint density at radius 2 is 1.64 bits per heavy atom. The van der Waals surface area contributed by atoms with E-state index in [2.05, 4.69) is 98.3 Å². The van der Waals surface area contributed by atoms with E-state index in [1.807, 2.05) is 0 Å². The molecule has 0 N–H and O–H groups in total. The van der Waals surface area contributed by atoms with Gasteiger partial charge in [-0.3, -0.25) is 0 Å². The topological polar surface area (TPSA) is 3.88 Å². The van der Waals surface area contributed by atoms with Crippen molar-refractivity contribution in [3.05, 3.63) is 59.8 Å². The Morgan fingerprint density at radius 1 is 0.960 bits per heavy atom. The molecule has 25 heavy (non-hydrogen) atoms. The van der Waals surface area contributed by atoms with Crippen LogP contribution in [-0.4, -0.2) is 13.3 Å². The van der Waals surface area contributed by atoms with Gasteiger partial charge in [0, 0.05) is 0 Å². The van der Waals surface area contributed by atoms with E-state index in [1.54, 1.807) is 4.40 Å². The molecule has 0 saturated heterocycles. The molecule has 0 aliphatic rings. The van der Waals surface area contributed by atoms with E-state index < -0.39 is 13.3 Å². The van der Waals surface area contributed by atoms with Crippen LogP contribution in [0.4, 0.5) is 0 Å². The van der Waals surface area contributed by atoms with E-state index in [1.165, 1.54) is 33.2 Å². The molecule has 0 spiro atoms. The normalized spacial score (nSPS) is 12.2. The molecule has 0 amide bonds. The maximum atomic E-state index is 2.49. The molecule has 0 aliphatic carbocycles. The number of nitrogens with zero attached hydrogens (tertiary/aromatic N) is 1. The van der Waals surface area contributed by atoms with Crippen molar-refractivity contribution < 1.29 is 4.57 Å². The number of aromatic nitrogens is 1. The summed E-state index contributed by atoms with van der Waals surface area (Å²) in [7, 11) is 2.21. The molecule has 2 heteroatoms. The van der Waals surface area contributed by atoms with Crippen LogP contribution in [0.25, 0.3) is 22.0 Å². The molecule has 1 nitrogen and oxygen atoms in total. The first-order chi connectivity index (χ1) is 11.7. The predicted molar refractivity (Wildman–Crippen MR) is 112 cm³/mol. The molecule has 0 fully saturated rings. The predicted octanol–water partition coefficient (Wildman–Crippen LogP) is 5.31. The zero-order chi connectivity index (χ0) is 18.4. The average Bonchev–Trinajstić information content (AvgIpc) is 2.54. The minimum absolute atomic E-state index is 0.551. The van der Waals surface area contributed by atoms with Gasteiger partial charge in [0.25, 0.3) is 0 Å². The maximum absolute atomic E-state index is 2.49. The molecule has 0 unspecified atom stereocenters. The number of benzene rings is 2. The summed E-state index contributed by atoms with van der Waals surface area (Å²) < 4.78 is 3.98. The first-order valence-corrected chi connectivity index (χ1v) is 16.6. The second-order valence-corrected chi connectivity index (χ2v) is 19.1. The van der Waals surface area contributed by atoms with Crippen LogP contribution in [0.15, 0.2) is 48.7 Å². The zero-order valence-electron chi connectivity index (χ0n) is 16.6. The Balaban J connectivity index is 2.36. The molecule has 0 saturated carbocycles. The summed E-state index contributed by atoms with van der Waals surface area (Å²) in [4.78, 5) is 0. The number of pyridine rings is 1. The minimum atomic E-state index is -1.92. The van der Waals surface area contributed by atoms with Crippen molar-refractivity contribution in [1.29, 1.82) is 0 Å². The Bertz CT molecular complexity index is 933. The van der Waals surface area contributed by atoms with Crippen molar-refractivity contribution in [1.82, 2.24) is 0 Å². The summed E-state index contributed by atoms with van der Waals surface area (Å²) in [5.41, 5.74) is 5.57. The van der Waals surface area contributed by atoms with E-state index in [9.17, 15) is 0 Å². The third-order valence-corrected chi connectivity index (χ3v) is 9.40. The van der Waals surface area contributed by atoms with Crippen LogP contribution >= 0.6 is 0 Å². The van der Waals surface area contributed by atoms with Crippen molar-refractivity contribution in [2.45, 2.75) is 44.0 Å². The van der Waals surface area contributed by atoms with E-state index in [0.717, 1.165) is 0 Å². The van der Waals surface area contributed by atoms with Crippen LogP contribution in [-0.2, 0) is 7.05 Å². The van der Waals surface area contributed by atoms with Gasteiger partial charge < -0.3 is 0 Å². The van der Waals surface area contributed by atoms with Crippen LogP contribution in [0.1, 0.15) is 30.9 Å². The molecule has 0 bridgehead atoms. The van der Waals surface area contributed by atoms with Crippen LogP contribution < -0.4 is 8.96 Å². The molecule has 0 aliphatic heterocycles. The van der Waals surface area contributed by atoms with Gasteiger partial charge in [0.05, 0.1) is 0 Å². The molecule has 3 aromatic rings. The standard InChI is InChI=1S/C23H30GeN/c1-16(2)20-14-22(25(7)15-21(20)24(4,5)6)23-17(3)12-13-18-10-8-9-11-19(18)23/h8-16H,1-7H3/q+1. The van der Waals surface area contributed by atoms with Gasteiger partial charge >= 0.3 is 155 Å². The summed E-state index contributed by atoms with van der Waals surface area (Å²) in [6.45, 7) is 6.88. The van der Waals surface area contributed by atoms with Gasteiger partial charge in [0.15, 0.2) is 0 Å². The van der Waals surface area contributed by atoms with Gasteiger partial charge in [-0.05, 0) is 0 Å². The van der Waals surface area contributed by atoms with Crippen molar-refractivity contribution in [3.8, 4) is 11.3 Å². The second kappa shape index (κ2) is 6.60. The monoisotopic (exact) mass is 394 g/mol. The van der Waals surface area contributed by atoms with E-state index in [-0.39, 0.29) is 0 Å². The van der Waals surface area contributed by atoms with E-state index in [4.69, 9.17) is 0 Å². The molecular formula is C23H30GeN+. The second-order valence-electron chi connectivity index (χ2n) is 8.52. The van der Waals surface area contributed by atoms with Gasteiger partial charge in [0.1, 0.15) is 0 Å². The Labute approximate surface area is 155 Å². The molecular weight excluding hydrogens is 363 g/mol. The molecule has 130 valence electrons. The quantitative estimate of drug-likeness (QED) is 0.420. The van der Waals surface area contributed by atoms with Crippen molar-refractivity contribution in [3.63, 3.8) is 0 Å². The summed E-state index contributed by atoms with van der Waals surface area (Å²) in [6.07, 6.45) is 2.42. The SMILES string of the molecule is Cc1ccc2ccccc2c1-c1cc(C(C)C)[c]([Ge]([CH3])([CH3])[CH3])c[n+]1C. The van der Waals surface area contributed by atoms with Crippen molar-refractivity contribution >= 4 is 28.4 Å². The number of fused-ring (bicyclic) bond motifs is 1. The van der Waals surface area contributed by atoms with E-state index >= 15 is 0 Å². The van der Waals surface area contributed by atoms with Gasteiger partial charge in [-0.2, -0.15) is 0 Å². The summed E-state index contributed by atoms with van der Waals surface area (Å²) in [5, 5.41) is 2.66. The summed E-state index contributed by atoms with van der Waals surface area (Å²) in [5.74, 6) is 8.02. The fourth-order valence-electron chi connectivity index (χ4n) is 3.74. The Hall–Kier alpha value is -1.61. The van der Waals surface area contributed by atoms with Gasteiger partial charge in [0.2, 0.25) is 0 Å². The molecule has 3 rings (SSSR count). The van der Waals surface area contributed by atoms with Gasteiger partial charge in [-0.1, -0.05) is 0 Å². The summed E-state index contributed by atoms with van der Waals surface area (Å²) in [6, 6.07) is 15.7. The zero-order valence-corrected chi connectivity index (χ0v) is 18.7. The van der Waals surface area contributed by atoms with Crippen LogP contribution in [0.3, 0.4) is 0 Å². The van der Waals surface area contributed by atoms with E-state index in [0.29, 0.717) is 5.92 Å². The molecule has 0 atom stereocenters. The fraction of sp³-hybridized carbons (Fsp3) is 0.348. The fourth-order valence-corrected chi connectivity index (χ4v) is 7.53. The summed E-state index contributed by atoms with van der Waals surface area (Å²) >= 11 is -1.92. The molecule has 1 aromatic heterocycles. The Morgan fingerprint density at radius 3 is 2.28 bits per heavy atom. The number of rotatable bonds is 3. The van der Waals surface area contributed by atoms with Crippen molar-refractivity contribution in [2.24, 2.45) is 7.05 Å². The average molecular weight is 393 g/mol. The number of hydrogen-bond acceptors (Lipinski definition) is 0. The number of hydrogen-bond donors (Lipinski definition) is 0. The Kier molecular flexibility index (Phi) is 4.81.